The van der Waals surface area contributed by atoms with E-state index in [0.717, 1.165) is 18.9 Å². The van der Waals surface area contributed by atoms with E-state index in [9.17, 15) is 22.8 Å². The zero-order valence-corrected chi connectivity index (χ0v) is 18.7. The molecule has 172 valence electrons. The van der Waals surface area contributed by atoms with Gasteiger partial charge in [-0.15, -0.1) is 0 Å². The third-order valence-corrected chi connectivity index (χ3v) is 7.36. The van der Waals surface area contributed by atoms with Gasteiger partial charge in [-0.05, 0) is 50.1 Å². The van der Waals surface area contributed by atoms with E-state index in [1.807, 2.05) is 0 Å². The second-order valence-corrected chi connectivity index (χ2v) is 9.70. The summed E-state index contributed by atoms with van der Waals surface area (Å²) in [5.41, 5.74) is 0.454. The maximum atomic E-state index is 12.6. The fourth-order valence-electron chi connectivity index (χ4n) is 3.68. The number of benzene rings is 2. The maximum Gasteiger partial charge on any atom is 0.339 e. The number of amides is 1. The van der Waals surface area contributed by atoms with E-state index in [4.69, 9.17) is 4.74 Å². The monoisotopic (exact) mass is 469 g/mol. The first kappa shape index (κ1) is 22.7. The molecule has 0 radical (unpaired) electrons. The molecule has 0 saturated carbocycles. The van der Waals surface area contributed by atoms with Crippen molar-refractivity contribution in [1.29, 1.82) is 0 Å². The standard InChI is InChI=1S/C23H23N3O6S/c1-15(32-23(29)19-14-21(27)25-20-7-3-2-6-18(19)20)22(28)24-16-8-10-17(11-9-16)33(30,31)26-12-4-5-13-26/h2-3,6-11,14-15H,4-5,12-13H2,1H3,(H,24,28)(H,25,27)/t15-/m1/s1. The van der Waals surface area contributed by atoms with E-state index < -0.39 is 33.6 Å². The molecule has 1 aliphatic heterocycles. The third kappa shape index (κ3) is 4.81. The van der Waals surface area contributed by atoms with Crippen LogP contribution in [-0.4, -0.2) is 48.8 Å². The number of aromatic nitrogens is 1. The van der Waals surface area contributed by atoms with Crippen LogP contribution in [0.3, 0.4) is 0 Å². The minimum atomic E-state index is -3.55. The number of hydrogen-bond donors (Lipinski definition) is 2. The Morgan fingerprint density at radius 1 is 1.06 bits per heavy atom. The number of rotatable bonds is 6. The van der Waals surface area contributed by atoms with Crippen molar-refractivity contribution >= 4 is 38.5 Å². The molecule has 0 unspecified atom stereocenters. The number of aromatic amines is 1. The van der Waals surface area contributed by atoms with Crippen LogP contribution < -0.4 is 10.9 Å². The number of fused-ring (bicyclic) bond motifs is 1. The summed E-state index contributed by atoms with van der Waals surface area (Å²) in [5, 5.41) is 3.11. The van der Waals surface area contributed by atoms with Gasteiger partial charge in [0.2, 0.25) is 15.6 Å². The molecule has 4 rings (SSSR count). The molecule has 0 bridgehead atoms. The van der Waals surface area contributed by atoms with Crippen molar-refractivity contribution in [3.05, 3.63) is 70.5 Å². The summed E-state index contributed by atoms with van der Waals surface area (Å²) < 4.78 is 31.9. The van der Waals surface area contributed by atoms with Crippen LogP contribution in [0, 0.1) is 0 Å². The van der Waals surface area contributed by atoms with Crippen LogP contribution in [-0.2, 0) is 19.6 Å². The average Bonchev–Trinajstić information content (AvgIpc) is 3.34. The number of carbonyl (C=O) groups excluding carboxylic acids is 2. The van der Waals surface area contributed by atoms with Gasteiger partial charge in [-0.2, -0.15) is 4.31 Å². The van der Waals surface area contributed by atoms with Crippen molar-refractivity contribution in [2.24, 2.45) is 0 Å². The Morgan fingerprint density at radius 3 is 2.42 bits per heavy atom. The van der Waals surface area contributed by atoms with Crippen molar-refractivity contribution in [1.82, 2.24) is 9.29 Å². The molecule has 1 aliphatic rings. The first-order valence-corrected chi connectivity index (χ1v) is 11.9. The normalized spacial score (nSPS) is 15.3. The van der Waals surface area contributed by atoms with Gasteiger partial charge in [0.15, 0.2) is 6.10 Å². The van der Waals surface area contributed by atoms with Gasteiger partial charge in [-0.3, -0.25) is 9.59 Å². The lowest BCUT2D eigenvalue weighted by atomic mass is 10.1. The maximum absolute atomic E-state index is 12.6. The molecule has 1 amide bonds. The summed E-state index contributed by atoms with van der Waals surface area (Å²) in [6, 6.07) is 13.8. The van der Waals surface area contributed by atoms with E-state index in [1.54, 1.807) is 24.3 Å². The fraction of sp³-hybridized carbons (Fsp3) is 0.261. The SMILES string of the molecule is C[C@@H](OC(=O)c1cc(=O)[nH]c2ccccc12)C(=O)Nc1ccc(S(=O)(=O)N2CCCC2)cc1. The molecular formula is C23H23N3O6S. The molecule has 2 N–H and O–H groups in total. The van der Waals surface area contributed by atoms with Gasteiger partial charge in [-0.25, -0.2) is 13.2 Å². The van der Waals surface area contributed by atoms with Gasteiger partial charge in [0.05, 0.1) is 10.5 Å². The molecular weight excluding hydrogens is 446 g/mol. The van der Waals surface area contributed by atoms with Crippen LogP contribution in [0.15, 0.2) is 64.3 Å². The van der Waals surface area contributed by atoms with Crippen molar-refractivity contribution in [3.63, 3.8) is 0 Å². The van der Waals surface area contributed by atoms with Crippen molar-refractivity contribution in [2.75, 3.05) is 18.4 Å². The Morgan fingerprint density at radius 2 is 1.73 bits per heavy atom. The predicted molar refractivity (Wildman–Crippen MR) is 123 cm³/mol. The average molecular weight is 470 g/mol. The van der Waals surface area contributed by atoms with Gasteiger partial charge in [0, 0.05) is 35.7 Å². The van der Waals surface area contributed by atoms with E-state index in [0.29, 0.717) is 29.7 Å². The Bertz CT molecular complexity index is 1360. The Labute approximate surface area is 190 Å². The molecule has 0 aliphatic carbocycles. The number of para-hydroxylation sites is 1. The van der Waals surface area contributed by atoms with Crippen LogP contribution in [0.5, 0.6) is 0 Å². The molecule has 2 aromatic carbocycles. The second kappa shape index (κ2) is 9.16. The summed E-state index contributed by atoms with van der Waals surface area (Å²) in [6.45, 7) is 2.42. The van der Waals surface area contributed by atoms with Crippen LogP contribution in [0.4, 0.5) is 5.69 Å². The number of hydrogen-bond acceptors (Lipinski definition) is 6. The number of esters is 1. The lowest BCUT2D eigenvalue weighted by Crippen LogP contribution is -2.30. The molecule has 33 heavy (non-hydrogen) atoms. The lowest BCUT2D eigenvalue weighted by Gasteiger charge is -2.16. The highest BCUT2D eigenvalue weighted by Crippen LogP contribution is 2.22. The number of sulfonamides is 1. The topological polar surface area (TPSA) is 126 Å². The van der Waals surface area contributed by atoms with Gasteiger partial charge < -0.3 is 15.0 Å². The lowest BCUT2D eigenvalue weighted by molar-refractivity contribution is -0.123. The molecule has 2 heterocycles. The largest absolute Gasteiger partial charge is 0.449 e. The summed E-state index contributed by atoms with van der Waals surface area (Å²) in [4.78, 5) is 39.8. The number of ether oxygens (including phenoxy) is 1. The molecule has 9 nitrogen and oxygen atoms in total. The predicted octanol–water partition coefficient (Wildman–Crippen LogP) is 2.50. The molecule has 0 spiro atoms. The Hall–Kier alpha value is -3.50. The minimum absolute atomic E-state index is 0.0606. The summed E-state index contributed by atoms with van der Waals surface area (Å²) >= 11 is 0. The highest BCUT2D eigenvalue weighted by atomic mass is 32.2. The molecule has 1 atom stereocenters. The zero-order chi connectivity index (χ0) is 23.6. The van der Waals surface area contributed by atoms with Gasteiger partial charge >= 0.3 is 5.97 Å². The first-order chi connectivity index (χ1) is 15.8. The number of H-pyrrole nitrogens is 1. The minimum Gasteiger partial charge on any atom is -0.449 e. The number of anilines is 1. The van der Waals surface area contributed by atoms with Crippen LogP contribution in [0.25, 0.3) is 10.9 Å². The molecule has 10 heteroatoms. The van der Waals surface area contributed by atoms with Crippen LogP contribution in [0.2, 0.25) is 0 Å². The van der Waals surface area contributed by atoms with Gasteiger partial charge in [0.25, 0.3) is 5.91 Å². The van der Waals surface area contributed by atoms with Gasteiger partial charge in [-0.1, -0.05) is 18.2 Å². The number of nitrogens with one attached hydrogen (secondary N) is 2. The van der Waals surface area contributed by atoms with Crippen molar-refractivity contribution < 1.29 is 22.7 Å². The van der Waals surface area contributed by atoms with E-state index in [-0.39, 0.29) is 10.5 Å². The molecule has 1 saturated heterocycles. The van der Waals surface area contributed by atoms with Crippen LogP contribution in [0.1, 0.15) is 30.1 Å². The smallest absolute Gasteiger partial charge is 0.339 e. The quantitative estimate of drug-likeness (QED) is 0.534. The van der Waals surface area contributed by atoms with E-state index in [1.165, 1.54) is 35.5 Å². The number of carbonyl (C=O) groups is 2. The zero-order valence-electron chi connectivity index (χ0n) is 17.9. The first-order valence-electron chi connectivity index (χ1n) is 10.5. The third-order valence-electron chi connectivity index (χ3n) is 5.45. The Kier molecular flexibility index (Phi) is 6.30. The summed E-state index contributed by atoms with van der Waals surface area (Å²) in [7, 11) is -3.55. The summed E-state index contributed by atoms with van der Waals surface area (Å²) in [5.74, 6) is -1.39. The highest BCUT2D eigenvalue weighted by molar-refractivity contribution is 7.89. The number of nitrogens with zero attached hydrogens (tertiary/aromatic N) is 1. The van der Waals surface area contributed by atoms with Crippen molar-refractivity contribution in [3.8, 4) is 0 Å². The summed E-state index contributed by atoms with van der Waals surface area (Å²) in [6.07, 6.45) is 0.539. The van der Waals surface area contributed by atoms with Crippen LogP contribution >= 0.6 is 0 Å². The highest BCUT2D eigenvalue weighted by Gasteiger charge is 2.27. The molecule has 1 aromatic heterocycles. The molecule has 3 aromatic rings. The Balaban J connectivity index is 1.43. The van der Waals surface area contributed by atoms with E-state index in [2.05, 4.69) is 10.3 Å². The fourth-order valence-corrected chi connectivity index (χ4v) is 5.20. The second-order valence-electron chi connectivity index (χ2n) is 7.77. The van der Waals surface area contributed by atoms with Crippen molar-refractivity contribution in [2.45, 2.75) is 30.8 Å². The number of pyridine rings is 1. The molecule has 1 fully saturated rings. The van der Waals surface area contributed by atoms with Gasteiger partial charge in [0.1, 0.15) is 0 Å². The van der Waals surface area contributed by atoms with E-state index >= 15 is 0 Å².